The highest BCUT2D eigenvalue weighted by molar-refractivity contribution is 5.91. The molecule has 0 saturated carbocycles. The molecule has 0 amide bonds. The smallest absolute Gasteiger partial charge is 0.338 e. The SMILES string of the molecule is CCOC(=O)c1cc(C#N)c(CC)cc1CO. The Morgan fingerprint density at radius 2 is 2.12 bits per heavy atom. The summed E-state index contributed by atoms with van der Waals surface area (Å²) in [6.07, 6.45) is 0.680. The molecule has 0 spiro atoms. The van der Waals surface area contributed by atoms with E-state index in [4.69, 9.17) is 10.00 Å². The molecule has 0 aliphatic heterocycles. The maximum Gasteiger partial charge on any atom is 0.338 e. The van der Waals surface area contributed by atoms with Crippen molar-refractivity contribution in [3.05, 3.63) is 34.4 Å². The predicted octanol–water partition coefficient (Wildman–Crippen LogP) is 1.79. The van der Waals surface area contributed by atoms with E-state index < -0.39 is 5.97 Å². The van der Waals surface area contributed by atoms with Gasteiger partial charge in [-0.05, 0) is 30.5 Å². The highest BCUT2D eigenvalue weighted by Gasteiger charge is 2.15. The zero-order valence-corrected chi connectivity index (χ0v) is 9.99. The molecule has 0 aliphatic carbocycles. The Hall–Kier alpha value is -1.86. The molecule has 90 valence electrons. The number of aryl methyl sites for hydroxylation is 1. The van der Waals surface area contributed by atoms with Gasteiger partial charge in [0.2, 0.25) is 0 Å². The lowest BCUT2D eigenvalue weighted by Crippen LogP contribution is -2.10. The fraction of sp³-hybridized carbons (Fsp3) is 0.385. The molecule has 0 heterocycles. The number of aliphatic hydroxyl groups is 1. The second-order valence-corrected chi connectivity index (χ2v) is 3.51. The van der Waals surface area contributed by atoms with Gasteiger partial charge in [-0.2, -0.15) is 5.26 Å². The van der Waals surface area contributed by atoms with E-state index >= 15 is 0 Å². The van der Waals surface area contributed by atoms with E-state index in [0.29, 0.717) is 17.5 Å². The number of ether oxygens (including phenoxy) is 1. The number of carbonyl (C=O) groups is 1. The standard InChI is InChI=1S/C13H15NO3/c1-3-9-5-11(8-15)12(6-10(9)7-14)13(16)17-4-2/h5-6,15H,3-4,8H2,1-2H3. The van der Waals surface area contributed by atoms with E-state index in [0.717, 1.165) is 5.56 Å². The van der Waals surface area contributed by atoms with E-state index in [1.54, 1.807) is 13.0 Å². The molecule has 4 heteroatoms. The Labute approximate surface area is 100 Å². The number of hydrogen-bond donors (Lipinski definition) is 1. The van der Waals surface area contributed by atoms with Gasteiger partial charge in [0.15, 0.2) is 0 Å². The number of hydrogen-bond acceptors (Lipinski definition) is 4. The first-order valence-corrected chi connectivity index (χ1v) is 5.51. The maximum atomic E-state index is 11.6. The summed E-state index contributed by atoms with van der Waals surface area (Å²) in [5.41, 5.74) is 2.04. The van der Waals surface area contributed by atoms with Gasteiger partial charge >= 0.3 is 5.97 Å². The molecule has 0 aliphatic rings. The third kappa shape index (κ3) is 2.83. The summed E-state index contributed by atoms with van der Waals surface area (Å²) in [7, 11) is 0. The highest BCUT2D eigenvalue weighted by atomic mass is 16.5. The summed E-state index contributed by atoms with van der Waals surface area (Å²) < 4.78 is 4.88. The molecule has 0 bridgehead atoms. The molecule has 1 rings (SSSR count). The van der Waals surface area contributed by atoms with Crippen LogP contribution in [0.2, 0.25) is 0 Å². The van der Waals surface area contributed by atoms with Crippen molar-refractivity contribution in [3.8, 4) is 6.07 Å². The molecule has 1 N–H and O–H groups in total. The maximum absolute atomic E-state index is 11.6. The van der Waals surface area contributed by atoms with Gasteiger partial charge in [-0.25, -0.2) is 4.79 Å². The van der Waals surface area contributed by atoms with E-state index in [1.807, 2.05) is 13.0 Å². The zero-order valence-electron chi connectivity index (χ0n) is 9.99. The molecular formula is C13H15NO3. The zero-order chi connectivity index (χ0) is 12.8. The number of esters is 1. The van der Waals surface area contributed by atoms with E-state index in [-0.39, 0.29) is 18.8 Å². The van der Waals surface area contributed by atoms with Crippen molar-refractivity contribution < 1.29 is 14.6 Å². The Balaban J connectivity index is 3.29. The monoisotopic (exact) mass is 233 g/mol. The minimum absolute atomic E-state index is 0.243. The van der Waals surface area contributed by atoms with E-state index in [2.05, 4.69) is 0 Å². The molecule has 0 atom stereocenters. The van der Waals surface area contributed by atoms with Crippen LogP contribution in [0.4, 0.5) is 0 Å². The van der Waals surface area contributed by atoms with Crippen LogP contribution in [0.25, 0.3) is 0 Å². The number of aliphatic hydroxyl groups excluding tert-OH is 1. The second-order valence-electron chi connectivity index (χ2n) is 3.51. The minimum atomic E-state index is -0.504. The van der Waals surface area contributed by atoms with Crippen molar-refractivity contribution in [1.82, 2.24) is 0 Å². The molecule has 1 aromatic carbocycles. The van der Waals surface area contributed by atoms with Crippen molar-refractivity contribution in [2.24, 2.45) is 0 Å². The van der Waals surface area contributed by atoms with E-state index in [9.17, 15) is 9.90 Å². The van der Waals surface area contributed by atoms with E-state index in [1.165, 1.54) is 6.07 Å². The average Bonchev–Trinajstić information content (AvgIpc) is 2.37. The number of nitrogens with zero attached hydrogens (tertiary/aromatic N) is 1. The van der Waals surface area contributed by atoms with Crippen molar-refractivity contribution >= 4 is 5.97 Å². The van der Waals surface area contributed by atoms with Gasteiger partial charge in [0, 0.05) is 0 Å². The summed E-state index contributed by atoms with van der Waals surface area (Å²) >= 11 is 0. The number of rotatable bonds is 4. The summed E-state index contributed by atoms with van der Waals surface area (Å²) in [6, 6.07) is 5.22. The van der Waals surface area contributed by atoms with Crippen LogP contribution < -0.4 is 0 Å². The Bertz CT molecular complexity index is 460. The van der Waals surface area contributed by atoms with Gasteiger partial charge in [-0.15, -0.1) is 0 Å². The Morgan fingerprint density at radius 3 is 2.59 bits per heavy atom. The van der Waals surface area contributed by atoms with Gasteiger partial charge in [-0.3, -0.25) is 0 Å². The lowest BCUT2D eigenvalue weighted by Gasteiger charge is -2.10. The molecule has 4 nitrogen and oxygen atoms in total. The van der Waals surface area contributed by atoms with Gasteiger partial charge < -0.3 is 9.84 Å². The summed E-state index contributed by atoms with van der Waals surface area (Å²) in [4.78, 5) is 11.6. The van der Waals surface area contributed by atoms with Gasteiger partial charge in [0.05, 0.1) is 30.4 Å². The molecule has 0 fully saturated rings. The third-order valence-electron chi connectivity index (χ3n) is 2.50. The number of nitriles is 1. The average molecular weight is 233 g/mol. The van der Waals surface area contributed by atoms with Gasteiger partial charge in [0.1, 0.15) is 0 Å². The van der Waals surface area contributed by atoms with Crippen LogP contribution in [0.5, 0.6) is 0 Å². The minimum Gasteiger partial charge on any atom is -0.462 e. The quantitative estimate of drug-likeness (QED) is 0.805. The van der Waals surface area contributed by atoms with Crippen LogP contribution in [0.3, 0.4) is 0 Å². The molecule has 0 aromatic heterocycles. The Morgan fingerprint density at radius 1 is 1.41 bits per heavy atom. The molecule has 0 unspecified atom stereocenters. The largest absolute Gasteiger partial charge is 0.462 e. The van der Waals surface area contributed by atoms with Crippen LogP contribution in [0, 0.1) is 11.3 Å². The second kappa shape index (κ2) is 6.02. The molecule has 17 heavy (non-hydrogen) atoms. The van der Waals surface area contributed by atoms with Crippen LogP contribution in [0.1, 0.15) is 40.9 Å². The lowest BCUT2D eigenvalue weighted by atomic mass is 9.98. The molecular weight excluding hydrogens is 218 g/mol. The predicted molar refractivity (Wildman–Crippen MR) is 62.4 cm³/mol. The normalized spacial score (nSPS) is 9.76. The first-order chi connectivity index (χ1) is 8.17. The number of carbonyl (C=O) groups excluding carboxylic acids is 1. The Kier molecular flexibility index (Phi) is 4.68. The van der Waals surface area contributed by atoms with Crippen molar-refractivity contribution in [3.63, 3.8) is 0 Å². The first-order valence-electron chi connectivity index (χ1n) is 5.51. The van der Waals surface area contributed by atoms with Crippen molar-refractivity contribution in [2.45, 2.75) is 26.9 Å². The topological polar surface area (TPSA) is 70.3 Å². The van der Waals surface area contributed by atoms with Gasteiger partial charge in [0.25, 0.3) is 0 Å². The fourth-order valence-corrected chi connectivity index (χ4v) is 1.62. The molecule has 0 radical (unpaired) electrons. The van der Waals surface area contributed by atoms with Crippen molar-refractivity contribution in [1.29, 1.82) is 5.26 Å². The molecule has 0 saturated heterocycles. The summed E-state index contributed by atoms with van der Waals surface area (Å²) in [5, 5.41) is 18.2. The fourth-order valence-electron chi connectivity index (χ4n) is 1.62. The van der Waals surface area contributed by atoms with Gasteiger partial charge in [-0.1, -0.05) is 13.0 Å². The summed E-state index contributed by atoms with van der Waals surface area (Å²) in [6.45, 7) is 3.65. The molecule has 1 aromatic rings. The highest BCUT2D eigenvalue weighted by Crippen LogP contribution is 2.18. The van der Waals surface area contributed by atoms with Crippen molar-refractivity contribution in [2.75, 3.05) is 6.61 Å². The van der Waals surface area contributed by atoms with Crippen LogP contribution in [-0.4, -0.2) is 17.7 Å². The summed E-state index contributed by atoms with van der Waals surface area (Å²) in [5.74, 6) is -0.504. The van der Waals surface area contributed by atoms with Crippen LogP contribution >= 0.6 is 0 Å². The third-order valence-corrected chi connectivity index (χ3v) is 2.50. The first kappa shape index (κ1) is 13.2. The lowest BCUT2D eigenvalue weighted by molar-refractivity contribution is 0.0522. The van der Waals surface area contributed by atoms with Crippen LogP contribution in [0.15, 0.2) is 12.1 Å². The van der Waals surface area contributed by atoms with Crippen LogP contribution in [-0.2, 0) is 17.8 Å². The number of benzene rings is 1.